The van der Waals surface area contributed by atoms with Crippen LogP contribution >= 0.6 is 31.9 Å². The molecule has 0 spiro atoms. The minimum atomic E-state index is -0.747. The van der Waals surface area contributed by atoms with Gasteiger partial charge in [-0.2, -0.15) is 5.10 Å². The van der Waals surface area contributed by atoms with Crippen LogP contribution in [-0.2, 0) is 0 Å². The number of carbonyl (C=O) groups excluding carboxylic acids is 1. The van der Waals surface area contributed by atoms with Crippen molar-refractivity contribution in [3.63, 3.8) is 0 Å². The van der Waals surface area contributed by atoms with E-state index in [1.165, 1.54) is 12.3 Å². The molecule has 80 valence electrons. The SMILES string of the molecule is NC(=O)NN=Cc1cc(O)c(Br)cc1Br. The zero-order valence-corrected chi connectivity index (χ0v) is 10.5. The van der Waals surface area contributed by atoms with E-state index in [1.54, 1.807) is 6.07 Å². The maximum atomic E-state index is 10.3. The Morgan fingerprint density at radius 3 is 2.73 bits per heavy atom. The number of hydrogen-bond acceptors (Lipinski definition) is 3. The molecule has 0 aliphatic heterocycles. The largest absolute Gasteiger partial charge is 0.507 e. The van der Waals surface area contributed by atoms with Gasteiger partial charge in [-0.15, -0.1) is 0 Å². The number of nitrogens with zero attached hydrogens (tertiary/aromatic N) is 1. The second kappa shape index (κ2) is 5.13. The van der Waals surface area contributed by atoms with Crippen LogP contribution in [0.1, 0.15) is 5.56 Å². The van der Waals surface area contributed by atoms with Crippen molar-refractivity contribution in [1.82, 2.24) is 5.43 Å². The van der Waals surface area contributed by atoms with Crippen LogP contribution in [0.5, 0.6) is 5.75 Å². The van der Waals surface area contributed by atoms with E-state index in [0.717, 1.165) is 4.47 Å². The molecule has 0 aliphatic rings. The first-order valence-corrected chi connectivity index (χ1v) is 5.36. The Bertz CT molecular complexity index is 421. The lowest BCUT2D eigenvalue weighted by Gasteiger charge is -2.01. The first-order valence-electron chi connectivity index (χ1n) is 3.77. The average molecular weight is 337 g/mol. The molecule has 7 heteroatoms. The Balaban J connectivity index is 2.90. The lowest BCUT2D eigenvalue weighted by atomic mass is 10.2. The van der Waals surface area contributed by atoms with E-state index in [0.29, 0.717) is 10.0 Å². The third-order valence-corrected chi connectivity index (χ3v) is 2.77. The summed E-state index contributed by atoms with van der Waals surface area (Å²) >= 11 is 6.43. The van der Waals surface area contributed by atoms with Gasteiger partial charge in [-0.25, -0.2) is 10.2 Å². The van der Waals surface area contributed by atoms with Crippen molar-refractivity contribution in [3.05, 3.63) is 26.6 Å². The second-order valence-corrected chi connectivity index (χ2v) is 4.27. The Morgan fingerprint density at radius 2 is 2.13 bits per heavy atom. The van der Waals surface area contributed by atoms with Crippen LogP contribution < -0.4 is 11.2 Å². The highest BCUT2D eigenvalue weighted by molar-refractivity contribution is 9.11. The number of nitrogens with two attached hydrogens (primary N) is 1. The number of phenols is 1. The summed E-state index contributed by atoms with van der Waals surface area (Å²) in [7, 11) is 0. The number of carbonyl (C=O) groups is 1. The number of amides is 2. The Morgan fingerprint density at radius 1 is 1.47 bits per heavy atom. The highest BCUT2D eigenvalue weighted by Gasteiger charge is 2.03. The predicted molar refractivity (Wildman–Crippen MR) is 63.8 cm³/mol. The van der Waals surface area contributed by atoms with E-state index < -0.39 is 6.03 Å². The highest BCUT2D eigenvalue weighted by atomic mass is 79.9. The molecule has 0 fully saturated rings. The summed E-state index contributed by atoms with van der Waals surface area (Å²) in [5.41, 5.74) is 7.48. The number of primary amides is 1. The monoisotopic (exact) mass is 335 g/mol. The molecule has 1 aromatic rings. The molecular weight excluding hydrogens is 330 g/mol. The van der Waals surface area contributed by atoms with Crippen molar-refractivity contribution in [2.24, 2.45) is 10.8 Å². The number of phenolic OH excluding ortho intramolecular Hbond substituents is 1. The van der Waals surface area contributed by atoms with Gasteiger partial charge in [-0.1, -0.05) is 15.9 Å². The molecule has 15 heavy (non-hydrogen) atoms. The average Bonchev–Trinajstić information content (AvgIpc) is 2.13. The second-order valence-electron chi connectivity index (χ2n) is 2.56. The normalized spacial score (nSPS) is 10.5. The van der Waals surface area contributed by atoms with Gasteiger partial charge in [0.1, 0.15) is 5.75 Å². The van der Waals surface area contributed by atoms with Crippen LogP contribution in [0.3, 0.4) is 0 Å². The molecular formula is C8H7Br2N3O2. The number of nitrogens with one attached hydrogen (secondary N) is 1. The summed E-state index contributed by atoms with van der Waals surface area (Å²) in [6.45, 7) is 0. The van der Waals surface area contributed by atoms with Gasteiger partial charge in [0.05, 0.1) is 10.7 Å². The fourth-order valence-electron chi connectivity index (χ4n) is 0.818. The molecule has 0 aromatic heterocycles. The molecule has 0 bridgehead atoms. The number of urea groups is 1. The molecule has 0 saturated carbocycles. The summed E-state index contributed by atoms with van der Waals surface area (Å²) in [6.07, 6.45) is 1.36. The van der Waals surface area contributed by atoms with Crippen LogP contribution in [0.2, 0.25) is 0 Å². The standard InChI is InChI=1S/C8H7Br2N3O2/c9-5-2-6(10)7(14)1-4(5)3-12-13-8(11)15/h1-3,14H,(H3,11,13,15). The zero-order chi connectivity index (χ0) is 11.4. The lowest BCUT2D eigenvalue weighted by Crippen LogP contribution is -2.24. The van der Waals surface area contributed by atoms with Gasteiger partial charge in [0.25, 0.3) is 0 Å². The molecule has 0 radical (unpaired) electrons. The van der Waals surface area contributed by atoms with Crippen LogP contribution in [0.4, 0.5) is 4.79 Å². The molecule has 0 atom stereocenters. The maximum Gasteiger partial charge on any atom is 0.332 e. The molecule has 2 amide bonds. The fourth-order valence-corrected chi connectivity index (χ4v) is 1.91. The van der Waals surface area contributed by atoms with Gasteiger partial charge in [-0.05, 0) is 28.1 Å². The van der Waals surface area contributed by atoms with Crippen LogP contribution in [0.25, 0.3) is 0 Å². The smallest absolute Gasteiger partial charge is 0.332 e. The molecule has 1 aromatic carbocycles. The Hall–Kier alpha value is -1.08. The number of rotatable bonds is 2. The van der Waals surface area contributed by atoms with E-state index in [-0.39, 0.29) is 5.75 Å². The summed E-state index contributed by atoms with van der Waals surface area (Å²) in [5, 5.41) is 13.0. The van der Waals surface area contributed by atoms with Crippen LogP contribution in [0, 0.1) is 0 Å². The predicted octanol–water partition coefficient (Wildman–Crippen LogP) is 1.92. The summed E-state index contributed by atoms with van der Waals surface area (Å²) in [4.78, 5) is 10.3. The molecule has 0 unspecified atom stereocenters. The third kappa shape index (κ3) is 3.52. The summed E-state index contributed by atoms with van der Waals surface area (Å²) in [6, 6.07) is 2.41. The van der Waals surface area contributed by atoms with Crippen molar-refractivity contribution >= 4 is 44.1 Å². The van der Waals surface area contributed by atoms with Gasteiger partial charge in [0, 0.05) is 10.0 Å². The minimum Gasteiger partial charge on any atom is -0.507 e. The van der Waals surface area contributed by atoms with Crippen LogP contribution in [0.15, 0.2) is 26.2 Å². The number of halogens is 2. The molecule has 0 saturated heterocycles. The van der Waals surface area contributed by atoms with Gasteiger partial charge < -0.3 is 10.8 Å². The van der Waals surface area contributed by atoms with Gasteiger partial charge in [0.15, 0.2) is 0 Å². The topological polar surface area (TPSA) is 87.7 Å². The van der Waals surface area contributed by atoms with Crippen molar-refractivity contribution in [1.29, 1.82) is 0 Å². The number of hydrogen-bond donors (Lipinski definition) is 3. The minimum absolute atomic E-state index is 0.0822. The quantitative estimate of drug-likeness (QED) is 0.569. The van der Waals surface area contributed by atoms with Crippen molar-refractivity contribution in [2.75, 3.05) is 0 Å². The Labute approximate surface area is 103 Å². The van der Waals surface area contributed by atoms with Gasteiger partial charge in [0.2, 0.25) is 0 Å². The molecule has 0 aliphatic carbocycles. The zero-order valence-electron chi connectivity index (χ0n) is 7.37. The molecule has 5 nitrogen and oxygen atoms in total. The van der Waals surface area contributed by atoms with E-state index in [9.17, 15) is 9.90 Å². The first kappa shape index (κ1) is 12.0. The summed E-state index contributed by atoms with van der Waals surface area (Å²) in [5.74, 6) is 0.0822. The fraction of sp³-hybridized carbons (Fsp3) is 0. The molecule has 0 heterocycles. The molecule has 4 N–H and O–H groups in total. The highest BCUT2D eigenvalue weighted by Crippen LogP contribution is 2.29. The number of hydrazone groups is 1. The van der Waals surface area contributed by atoms with Crippen molar-refractivity contribution in [2.45, 2.75) is 0 Å². The maximum absolute atomic E-state index is 10.3. The van der Waals surface area contributed by atoms with Crippen molar-refractivity contribution < 1.29 is 9.90 Å². The number of aromatic hydroxyl groups is 1. The third-order valence-electron chi connectivity index (χ3n) is 1.44. The molecule has 1 rings (SSSR count). The van der Waals surface area contributed by atoms with E-state index in [2.05, 4.69) is 37.0 Å². The van der Waals surface area contributed by atoms with E-state index in [1.807, 2.05) is 5.43 Å². The van der Waals surface area contributed by atoms with Crippen molar-refractivity contribution in [3.8, 4) is 5.75 Å². The lowest BCUT2D eigenvalue weighted by molar-refractivity contribution is 0.249. The van der Waals surface area contributed by atoms with Gasteiger partial charge >= 0.3 is 6.03 Å². The number of benzene rings is 1. The van der Waals surface area contributed by atoms with E-state index in [4.69, 9.17) is 5.73 Å². The Kier molecular flexibility index (Phi) is 4.10. The first-order chi connectivity index (χ1) is 7.00. The van der Waals surface area contributed by atoms with E-state index >= 15 is 0 Å². The van der Waals surface area contributed by atoms with Gasteiger partial charge in [-0.3, -0.25) is 0 Å². The summed E-state index contributed by atoms with van der Waals surface area (Å²) < 4.78 is 1.29. The van der Waals surface area contributed by atoms with Crippen LogP contribution in [-0.4, -0.2) is 17.4 Å².